The quantitative estimate of drug-likeness (QED) is 0.639. The number of nitrogens with zero attached hydrogens (tertiary/aromatic N) is 3. The topological polar surface area (TPSA) is 86.4 Å². The van der Waals surface area contributed by atoms with Crippen LogP contribution in [-0.4, -0.2) is 53.8 Å². The fourth-order valence-electron chi connectivity index (χ4n) is 3.87. The Morgan fingerprint density at radius 3 is 2.31 bits per heavy atom. The van der Waals surface area contributed by atoms with E-state index < -0.39 is 26.7 Å². The Hall–Kier alpha value is -2.76. The van der Waals surface area contributed by atoms with Gasteiger partial charge in [-0.05, 0) is 31.2 Å². The second-order valence-electron chi connectivity index (χ2n) is 7.58. The summed E-state index contributed by atoms with van der Waals surface area (Å²) in [5, 5.41) is 0.475. The van der Waals surface area contributed by atoms with Crippen LogP contribution in [0.25, 0.3) is 10.9 Å². The van der Waals surface area contributed by atoms with Gasteiger partial charge in [0.15, 0.2) is 0 Å². The van der Waals surface area contributed by atoms with Gasteiger partial charge >= 0.3 is 6.18 Å². The zero-order chi connectivity index (χ0) is 23.1. The highest BCUT2D eigenvalue weighted by atomic mass is 32.2. The summed E-state index contributed by atoms with van der Waals surface area (Å²) in [6.07, 6.45) is -4.77. The molecule has 170 valence electrons. The number of fused-ring (bicyclic) bond motifs is 1. The van der Waals surface area contributed by atoms with Crippen molar-refractivity contribution in [2.45, 2.75) is 24.0 Å². The molecule has 2 aromatic carbocycles. The number of hydrogen-bond donors (Lipinski definition) is 1. The predicted octanol–water partition coefficient (Wildman–Crippen LogP) is 3.01. The Bertz CT molecular complexity index is 1300. The molecule has 2 heterocycles. The van der Waals surface area contributed by atoms with Crippen LogP contribution in [0.5, 0.6) is 0 Å². The van der Waals surface area contributed by atoms with Gasteiger partial charge in [0.05, 0.1) is 27.4 Å². The van der Waals surface area contributed by atoms with Crippen LogP contribution in [0.1, 0.15) is 24.4 Å². The number of aromatic nitrogens is 2. The number of aromatic amines is 1. The molecule has 0 saturated carbocycles. The van der Waals surface area contributed by atoms with Crippen LogP contribution in [-0.2, 0) is 16.2 Å². The van der Waals surface area contributed by atoms with Gasteiger partial charge in [0.2, 0.25) is 10.0 Å². The van der Waals surface area contributed by atoms with Crippen molar-refractivity contribution in [3.63, 3.8) is 0 Å². The van der Waals surface area contributed by atoms with Crippen molar-refractivity contribution < 1.29 is 21.6 Å². The van der Waals surface area contributed by atoms with Crippen LogP contribution in [0.2, 0.25) is 0 Å². The highest BCUT2D eigenvalue weighted by Gasteiger charge is 2.39. The number of H-pyrrole nitrogens is 1. The van der Waals surface area contributed by atoms with E-state index in [9.17, 15) is 26.4 Å². The molecule has 1 N–H and O–H groups in total. The number of halogens is 3. The summed E-state index contributed by atoms with van der Waals surface area (Å²) in [4.78, 5) is 20.8. The van der Waals surface area contributed by atoms with Crippen LogP contribution < -0.4 is 5.56 Å². The minimum Gasteiger partial charge on any atom is -0.309 e. The van der Waals surface area contributed by atoms with E-state index in [1.165, 1.54) is 12.1 Å². The molecule has 32 heavy (non-hydrogen) atoms. The molecule has 1 aliphatic heterocycles. The molecule has 0 radical (unpaired) electrons. The molecule has 7 nitrogen and oxygen atoms in total. The first-order chi connectivity index (χ1) is 15.1. The molecule has 11 heteroatoms. The van der Waals surface area contributed by atoms with E-state index in [0.29, 0.717) is 16.7 Å². The van der Waals surface area contributed by atoms with E-state index in [2.05, 4.69) is 9.97 Å². The molecule has 1 fully saturated rings. The van der Waals surface area contributed by atoms with Gasteiger partial charge in [-0.1, -0.05) is 24.3 Å². The van der Waals surface area contributed by atoms with Crippen LogP contribution in [0, 0.1) is 0 Å². The molecular formula is C21H21F3N4O3S. The predicted molar refractivity (Wildman–Crippen MR) is 113 cm³/mol. The first-order valence-electron chi connectivity index (χ1n) is 9.98. The number of alkyl halides is 3. The summed E-state index contributed by atoms with van der Waals surface area (Å²) in [7, 11) is -4.31. The third-order valence-electron chi connectivity index (χ3n) is 5.66. The normalized spacial score (nSPS) is 17.5. The van der Waals surface area contributed by atoms with Crippen molar-refractivity contribution >= 4 is 20.9 Å². The molecule has 3 aromatic rings. The lowest BCUT2D eigenvalue weighted by Gasteiger charge is -2.37. The molecule has 0 amide bonds. The smallest absolute Gasteiger partial charge is 0.309 e. The Balaban J connectivity index is 1.53. The molecule has 0 aliphatic carbocycles. The number of piperazine rings is 1. The van der Waals surface area contributed by atoms with Crippen molar-refractivity contribution in [2.75, 3.05) is 26.2 Å². The first kappa shape index (κ1) is 22.4. The zero-order valence-corrected chi connectivity index (χ0v) is 17.9. The molecule has 1 aliphatic rings. The van der Waals surface area contributed by atoms with Gasteiger partial charge in [-0.3, -0.25) is 9.69 Å². The summed E-state index contributed by atoms with van der Waals surface area (Å²) in [6.45, 7) is 2.46. The van der Waals surface area contributed by atoms with E-state index >= 15 is 0 Å². The molecular weight excluding hydrogens is 445 g/mol. The van der Waals surface area contributed by atoms with E-state index in [1.54, 1.807) is 24.3 Å². The highest BCUT2D eigenvalue weighted by Crippen LogP contribution is 2.35. The molecule has 1 atom stereocenters. The van der Waals surface area contributed by atoms with Crippen molar-refractivity contribution in [3.05, 3.63) is 70.3 Å². The first-order valence-corrected chi connectivity index (χ1v) is 11.4. The molecule has 0 spiro atoms. The van der Waals surface area contributed by atoms with Crippen molar-refractivity contribution in [1.29, 1.82) is 0 Å². The number of benzene rings is 2. The maximum atomic E-state index is 13.3. The largest absolute Gasteiger partial charge is 0.417 e. The standard InChI is InChI=1S/C21H21F3N4O3S/c1-14(19-25-17-8-4-2-6-15(17)20(29)26-19)27-10-12-28(13-11-27)32(30,31)18-9-5-3-7-16(18)21(22,23)24/h2-9,14H,10-13H2,1H3,(H,25,26,29)/t14-/m0/s1. The zero-order valence-electron chi connectivity index (χ0n) is 17.1. The van der Waals surface area contributed by atoms with Crippen molar-refractivity contribution in [3.8, 4) is 0 Å². The lowest BCUT2D eigenvalue weighted by Crippen LogP contribution is -2.49. The fraction of sp³-hybridized carbons (Fsp3) is 0.333. The van der Waals surface area contributed by atoms with Gasteiger partial charge in [-0.2, -0.15) is 17.5 Å². The number of para-hydroxylation sites is 1. The van der Waals surface area contributed by atoms with Crippen molar-refractivity contribution in [1.82, 2.24) is 19.2 Å². The number of nitrogens with one attached hydrogen (secondary N) is 1. The van der Waals surface area contributed by atoms with Gasteiger partial charge in [-0.25, -0.2) is 13.4 Å². The average molecular weight is 466 g/mol. The second-order valence-corrected chi connectivity index (χ2v) is 9.48. The fourth-order valence-corrected chi connectivity index (χ4v) is 5.51. The molecule has 0 bridgehead atoms. The summed E-state index contributed by atoms with van der Waals surface area (Å²) in [5.41, 5.74) is -0.876. The summed E-state index contributed by atoms with van der Waals surface area (Å²) >= 11 is 0. The van der Waals surface area contributed by atoms with E-state index in [1.807, 2.05) is 11.8 Å². The Labute approximate surface area is 182 Å². The van der Waals surface area contributed by atoms with E-state index in [-0.39, 0.29) is 37.8 Å². The van der Waals surface area contributed by atoms with Crippen LogP contribution >= 0.6 is 0 Å². The Morgan fingerprint density at radius 1 is 1.00 bits per heavy atom. The number of hydrogen-bond acceptors (Lipinski definition) is 5. The summed E-state index contributed by atoms with van der Waals surface area (Å²) in [6, 6.07) is 10.8. The lowest BCUT2D eigenvalue weighted by atomic mass is 10.2. The maximum Gasteiger partial charge on any atom is 0.417 e. The summed E-state index contributed by atoms with van der Waals surface area (Å²) < 4.78 is 66.9. The SMILES string of the molecule is C[C@@H](c1nc2ccccc2c(=O)[nH]1)N1CCN(S(=O)(=O)c2ccccc2C(F)(F)F)CC1. The summed E-state index contributed by atoms with van der Waals surface area (Å²) in [5.74, 6) is 0.451. The van der Waals surface area contributed by atoms with Gasteiger partial charge in [-0.15, -0.1) is 0 Å². The van der Waals surface area contributed by atoms with E-state index in [0.717, 1.165) is 16.4 Å². The maximum absolute atomic E-state index is 13.3. The molecule has 1 aromatic heterocycles. The molecule has 4 rings (SSSR count). The highest BCUT2D eigenvalue weighted by molar-refractivity contribution is 7.89. The molecule has 0 unspecified atom stereocenters. The third kappa shape index (κ3) is 4.15. The minimum atomic E-state index is -4.77. The number of sulfonamides is 1. The molecule has 1 saturated heterocycles. The van der Waals surface area contributed by atoms with Crippen LogP contribution in [0.15, 0.2) is 58.2 Å². The van der Waals surface area contributed by atoms with Gasteiger partial charge in [0.25, 0.3) is 5.56 Å². The van der Waals surface area contributed by atoms with Gasteiger partial charge in [0.1, 0.15) is 5.82 Å². The van der Waals surface area contributed by atoms with Gasteiger partial charge in [0, 0.05) is 26.2 Å². The number of rotatable bonds is 4. The lowest BCUT2D eigenvalue weighted by molar-refractivity contribution is -0.139. The van der Waals surface area contributed by atoms with Crippen molar-refractivity contribution in [2.24, 2.45) is 0 Å². The van der Waals surface area contributed by atoms with E-state index in [4.69, 9.17) is 0 Å². The second kappa shape index (κ2) is 8.30. The Morgan fingerprint density at radius 2 is 1.62 bits per heavy atom. The monoisotopic (exact) mass is 466 g/mol. The van der Waals surface area contributed by atoms with Gasteiger partial charge < -0.3 is 4.98 Å². The Kier molecular flexibility index (Phi) is 5.82. The minimum absolute atomic E-state index is 0.0245. The van der Waals surface area contributed by atoms with Crippen LogP contribution in [0.3, 0.4) is 0 Å². The average Bonchev–Trinajstić information content (AvgIpc) is 2.78. The van der Waals surface area contributed by atoms with Crippen LogP contribution in [0.4, 0.5) is 13.2 Å². The third-order valence-corrected chi connectivity index (χ3v) is 7.61.